The van der Waals surface area contributed by atoms with Crippen molar-refractivity contribution in [2.45, 2.75) is 26.2 Å². The largest absolute Gasteiger partial charge is 0.480 e. The first-order valence-corrected chi connectivity index (χ1v) is 13.2. The van der Waals surface area contributed by atoms with Crippen LogP contribution in [0.15, 0.2) is 65.5 Å². The zero-order valence-corrected chi connectivity index (χ0v) is 22.2. The van der Waals surface area contributed by atoms with Crippen LogP contribution in [0.2, 0.25) is 5.02 Å². The van der Waals surface area contributed by atoms with E-state index in [-0.39, 0.29) is 24.2 Å². The molecule has 3 heterocycles. The first kappa shape index (κ1) is 26.0. The SMILES string of the molecule is Cc1c(-c2nn(Cc3nc4cc(C(F)(F)F)ccc4s3)c(=O)c3ccccc23)c2cc(Cl)ccc2n1CC(=O)O. The molecule has 0 amide bonds. The topological polar surface area (TPSA) is 90.0 Å². The Kier molecular flexibility index (Phi) is 6.15. The van der Waals surface area contributed by atoms with Crippen molar-refractivity contribution in [3.8, 4) is 11.3 Å². The molecule has 6 aromatic rings. The molecule has 202 valence electrons. The van der Waals surface area contributed by atoms with Crippen LogP contribution < -0.4 is 5.56 Å². The van der Waals surface area contributed by atoms with Crippen molar-refractivity contribution in [3.63, 3.8) is 0 Å². The molecule has 1 N–H and O–H groups in total. The van der Waals surface area contributed by atoms with Crippen molar-refractivity contribution in [3.05, 3.63) is 92.3 Å². The first-order valence-electron chi connectivity index (χ1n) is 12.0. The quantitative estimate of drug-likeness (QED) is 0.243. The number of aliphatic carboxylic acids is 1. The lowest BCUT2D eigenvalue weighted by Gasteiger charge is -2.11. The van der Waals surface area contributed by atoms with E-state index in [4.69, 9.17) is 16.7 Å². The van der Waals surface area contributed by atoms with Crippen LogP contribution in [-0.2, 0) is 24.1 Å². The van der Waals surface area contributed by atoms with Gasteiger partial charge in [-0.25, -0.2) is 9.67 Å². The fraction of sp³-hybridized carbons (Fsp3) is 0.143. The molecule has 12 heteroatoms. The van der Waals surface area contributed by atoms with Crippen molar-refractivity contribution in [1.82, 2.24) is 19.3 Å². The third-order valence-electron chi connectivity index (χ3n) is 6.73. The fourth-order valence-electron chi connectivity index (χ4n) is 4.97. The van der Waals surface area contributed by atoms with Gasteiger partial charge in [0.15, 0.2) is 0 Å². The minimum Gasteiger partial charge on any atom is -0.480 e. The van der Waals surface area contributed by atoms with Gasteiger partial charge in [0, 0.05) is 32.6 Å². The first-order chi connectivity index (χ1) is 19.0. The van der Waals surface area contributed by atoms with Crippen molar-refractivity contribution in [2.75, 3.05) is 0 Å². The van der Waals surface area contributed by atoms with Crippen LogP contribution in [0.5, 0.6) is 0 Å². The molecule has 0 bridgehead atoms. The Balaban J connectivity index is 1.56. The molecule has 0 unspecified atom stereocenters. The van der Waals surface area contributed by atoms with E-state index in [1.54, 1.807) is 54.0 Å². The molecule has 40 heavy (non-hydrogen) atoms. The third kappa shape index (κ3) is 4.40. The number of thiazole rings is 1. The smallest absolute Gasteiger partial charge is 0.416 e. The fourth-order valence-corrected chi connectivity index (χ4v) is 6.07. The molecule has 0 atom stereocenters. The van der Waals surface area contributed by atoms with E-state index in [0.29, 0.717) is 53.4 Å². The summed E-state index contributed by atoms with van der Waals surface area (Å²) in [4.78, 5) is 29.5. The van der Waals surface area contributed by atoms with E-state index in [2.05, 4.69) is 4.98 Å². The van der Waals surface area contributed by atoms with Gasteiger partial charge in [-0.05, 0) is 49.4 Å². The molecule has 7 nitrogen and oxygen atoms in total. The third-order valence-corrected chi connectivity index (χ3v) is 7.98. The van der Waals surface area contributed by atoms with Gasteiger partial charge in [0.25, 0.3) is 5.56 Å². The van der Waals surface area contributed by atoms with Crippen LogP contribution >= 0.6 is 22.9 Å². The average molecular weight is 583 g/mol. The average Bonchev–Trinajstić information content (AvgIpc) is 3.42. The molecule has 0 saturated heterocycles. The van der Waals surface area contributed by atoms with Gasteiger partial charge >= 0.3 is 12.1 Å². The Morgan fingerprint density at radius 3 is 2.52 bits per heavy atom. The normalized spacial score (nSPS) is 12.1. The summed E-state index contributed by atoms with van der Waals surface area (Å²) >= 11 is 7.51. The second-order valence-corrected chi connectivity index (χ2v) is 10.8. The number of carboxylic acid groups (broad SMARTS) is 1. The zero-order chi connectivity index (χ0) is 28.3. The highest BCUT2D eigenvalue weighted by molar-refractivity contribution is 7.18. The van der Waals surface area contributed by atoms with Crippen molar-refractivity contribution >= 4 is 60.8 Å². The number of hydrogen-bond acceptors (Lipinski definition) is 5. The molecule has 0 aliphatic carbocycles. The predicted octanol–water partition coefficient (Wildman–Crippen LogP) is 6.74. The van der Waals surface area contributed by atoms with Gasteiger partial charge in [0.05, 0.1) is 27.7 Å². The van der Waals surface area contributed by atoms with Crippen molar-refractivity contribution in [1.29, 1.82) is 0 Å². The van der Waals surface area contributed by atoms with Crippen LogP contribution in [0.3, 0.4) is 0 Å². The summed E-state index contributed by atoms with van der Waals surface area (Å²) < 4.78 is 43.0. The van der Waals surface area contributed by atoms with E-state index >= 15 is 0 Å². The molecule has 0 aliphatic rings. The molecule has 0 radical (unpaired) electrons. The highest BCUT2D eigenvalue weighted by Crippen LogP contribution is 2.38. The Labute approximate surface area is 232 Å². The summed E-state index contributed by atoms with van der Waals surface area (Å²) in [5.41, 5.74) is 1.35. The number of rotatable bonds is 5. The van der Waals surface area contributed by atoms with Crippen LogP contribution in [0.4, 0.5) is 13.2 Å². The summed E-state index contributed by atoms with van der Waals surface area (Å²) in [7, 11) is 0. The van der Waals surface area contributed by atoms with Crippen LogP contribution in [0.25, 0.3) is 43.1 Å². The Bertz CT molecular complexity index is 2050. The summed E-state index contributed by atoms with van der Waals surface area (Å²) in [6, 6.07) is 15.5. The summed E-state index contributed by atoms with van der Waals surface area (Å²) in [6.07, 6.45) is -4.50. The molecule has 3 aromatic carbocycles. The van der Waals surface area contributed by atoms with Crippen LogP contribution in [0, 0.1) is 6.92 Å². The van der Waals surface area contributed by atoms with Crippen LogP contribution in [-0.4, -0.2) is 30.4 Å². The number of carboxylic acids is 1. The second kappa shape index (κ2) is 9.46. The molecular formula is C28H18ClF3N4O3S. The number of fused-ring (bicyclic) bond motifs is 3. The van der Waals surface area contributed by atoms with Gasteiger partial charge in [0.1, 0.15) is 17.2 Å². The van der Waals surface area contributed by atoms with E-state index in [0.717, 1.165) is 12.1 Å². The highest BCUT2D eigenvalue weighted by atomic mass is 35.5. The van der Waals surface area contributed by atoms with Gasteiger partial charge in [0.2, 0.25) is 0 Å². The number of hydrogen-bond donors (Lipinski definition) is 1. The number of carbonyl (C=O) groups is 1. The maximum atomic E-state index is 13.5. The number of benzene rings is 3. The molecular weight excluding hydrogens is 565 g/mol. The lowest BCUT2D eigenvalue weighted by Crippen LogP contribution is -2.24. The van der Waals surface area contributed by atoms with Gasteiger partial charge in [-0.1, -0.05) is 29.8 Å². The summed E-state index contributed by atoms with van der Waals surface area (Å²) in [6.45, 7) is 1.43. The molecule has 0 saturated carbocycles. The predicted molar refractivity (Wildman–Crippen MR) is 148 cm³/mol. The Hall–Kier alpha value is -4.22. The maximum absolute atomic E-state index is 13.5. The van der Waals surface area contributed by atoms with Gasteiger partial charge in [-0.2, -0.15) is 18.3 Å². The Morgan fingerprint density at radius 2 is 1.80 bits per heavy atom. The maximum Gasteiger partial charge on any atom is 0.416 e. The number of nitrogens with zero attached hydrogens (tertiary/aromatic N) is 4. The molecule has 0 aliphatic heterocycles. The van der Waals surface area contributed by atoms with Crippen molar-refractivity contribution < 1.29 is 23.1 Å². The van der Waals surface area contributed by atoms with Gasteiger partial charge in [-0.15, -0.1) is 11.3 Å². The lowest BCUT2D eigenvalue weighted by molar-refractivity contribution is -0.138. The minimum atomic E-state index is -4.50. The zero-order valence-electron chi connectivity index (χ0n) is 20.7. The lowest BCUT2D eigenvalue weighted by atomic mass is 10.0. The van der Waals surface area contributed by atoms with E-state index in [9.17, 15) is 27.9 Å². The summed E-state index contributed by atoms with van der Waals surface area (Å²) in [5, 5.41) is 16.8. The monoisotopic (exact) mass is 582 g/mol. The van der Waals surface area contributed by atoms with Crippen LogP contribution in [0.1, 0.15) is 16.3 Å². The number of aromatic nitrogens is 4. The minimum absolute atomic E-state index is 0.0645. The summed E-state index contributed by atoms with van der Waals surface area (Å²) in [5.74, 6) is -1.02. The molecule has 6 rings (SSSR count). The second-order valence-electron chi connectivity index (χ2n) is 9.25. The van der Waals surface area contributed by atoms with Crippen molar-refractivity contribution in [2.24, 2.45) is 0 Å². The molecule has 3 aromatic heterocycles. The van der Waals surface area contributed by atoms with Gasteiger partial charge < -0.3 is 9.67 Å². The van der Waals surface area contributed by atoms with Gasteiger partial charge in [-0.3, -0.25) is 9.59 Å². The number of halogens is 4. The Morgan fingerprint density at radius 1 is 1.05 bits per heavy atom. The molecule has 0 spiro atoms. The highest BCUT2D eigenvalue weighted by Gasteiger charge is 2.31. The van der Waals surface area contributed by atoms with E-state index in [1.165, 1.54) is 22.1 Å². The van der Waals surface area contributed by atoms with E-state index < -0.39 is 17.7 Å². The molecule has 0 fully saturated rings. The standard InChI is InChI=1S/C28H18ClF3N4O3S/c1-14-25(19-11-16(29)7-8-21(19)35(14)13-24(37)38)26-17-4-2-3-5-18(17)27(39)36(34-26)12-23-33-20-10-15(28(30,31)32)6-9-22(20)40-23/h2-11H,12-13H2,1H3,(H,37,38). The number of alkyl halides is 3. The van der Waals surface area contributed by atoms with E-state index in [1.807, 2.05) is 0 Å².